The van der Waals surface area contributed by atoms with Crippen molar-refractivity contribution in [3.63, 3.8) is 0 Å². The van der Waals surface area contributed by atoms with Crippen LogP contribution >= 0.6 is 0 Å². The van der Waals surface area contributed by atoms with E-state index in [1.807, 2.05) is 0 Å². The van der Waals surface area contributed by atoms with Gasteiger partial charge in [0.25, 0.3) is 0 Å². The fourth-order valence-electron chi connectivity index (χ4n) is 0.774. The molecule has 7 heteroatoms. The summed E-state index contributed by atoms with van der Waals surface area (Å²) in [6.07, 6.45) is 0.339. The van der Waals surface area contributed by atoms with Crippen LogP contribution in [0.5, 0.6) is 0 Å². The van der Waals surface area contributed by atoms with Crippen molar-refractivity contribution in [2.24, 2.45) is 5.73 Å². The van der Waals surface area contributed by atoms with Gasteiger partial charge in [-0.05, 0) is 13.3 Å². The smallest absolute Gasteiger partial charge is 0.330 e. The molecule has 0 aliphatic rings. The fourth-order valence-corrected chi connectivity index (χ4v) is 1.32. The van der Waals surface area contributed by atoms with E-state index in [0.29, 0.717) is 10.7 Å². The molecule has 0 fully saturated rings. The Morgan fingerprint density at radius 1 is 1.46 bits per heavy atom. The third-order valence-electron chi connectivity index (χ3n) is 1.22. The van der Waals surface area contributed by atoms with Crippen molar-refractivity contribution >= 4 is 16.9 Å². The first-order valence-electron chi connectivity index (χ1n) is 3.77. The topological polar surface area (TPSA) is 89.7 Å². The van der Waals surface area contributed by atoms with Crippen molar-refractivity contribution in [2.45, 2.75) is 20.3 Å². The lowest BCUT2D eigenvalue weighted by Crippen LogP contribution is -2.38. The SMILES string of the molecule is CCO[C](CC)N(C(N)=O)[SH](=O)=O. The molecule has 1 radical (unpaired) electrons. The Bertz CT molecular complexity index is 233. The summed E-state index contributed by atoms with van der Waals surface area (Å²) in [6.45, 7) is 3.64. The van der Waals surface area contributed by atoms with Gasteiger partial charge in [-0.1, -0.05) is 6.92 Å². The van der Waals surface area contributed by atoms with Crippen LogP contribution in [0.15, 0.2) is 0 Å². The number of hydrogen-bond acceptors (Lipinski definition) is 4. The molecule has 0 saturated heterocycles. The van der Waals surface area contributed by atoms with Gasteiger partial charge in [0, 0.05) is 6.61 Å². The number of hydrogen-bond donors (Lipinski definition) is 2. The maximum absolute atomic E-state index is 10.7. The lowest BCUT2D eigenvalue weighted by molar-refractivity contribution is 0.0935. The highest BCUT2D eigenvalue weighted by Gasteiger charge is 2.24. The van der Waals surface area contributed by atoms with Gasteiger partial charge in [0.05, 0.1) is 0 Å². The van der Waals surface area contributed by atoms with E-state index < -0.39 is 16.9 Å². The van der Waals surface area contributed by atoms with Crippen molar-refractivity contribution in [1.82, 2.24) is 4.31 Å². The molecule has 0 heterocycles. The molecule has 0 aliphatic carbocycles. The monoisotopic (exact) mass is 209 g/mol. The van der Waals surface area contributed by atoms with Gasteiger partial charge in [-0.3, -0.25) is 0 Å². The minimum atomic E-state index is -3.06. The number of nitrogens with two attached hydrogens (primary N) is 1. The third kappa shape index (κ3) is 3.60. The first-order chi connectivity index (χ1) is 6.04. The van der Waals surface area contributed by atoms with Crippen LogP contribution in [0.2, 0.25) is 0 Å². The quantitative estimate of drug-likeness (QED) is 0.615. The molecule has 6 nitrogen and oxygen atoms in total. The van der Waals surface area contributed by atoms with Crippen LogP contribution < -0.4 is 5.73 Å². The minimum Gasteiger partial charge on any atom is -0.351 e. The molecule has 0 rings (SSSR count). The fraction of sp³-hybridized carbons (Fsp3) is 0.667. The summed E-state index contributed by atoms with van der Waals surface area (Å²) in [6, 6.07) is -1.05. The van der Waals surface area contributed by atoms with Crippen LogP contribution in [0, 0.1) is 6.23 Å². The summed E-state index contributed by atoms with van der Waals surface area (Å²) in [5.41, 5.74) is 4.85. The second kappa shape index (κ2) is 5.76. The van der Waals surface area contributed by atoms with Crippen LogP contribution in [0.25, 0.3) is 0 Å². The predicted octanol–water partition coefficient (Wildman–Crippen LogP) is -0.171. The number of nitrogens with zero attached hydrogens (tertiary/aromatic N) is 1. The molecule has 13 heavy (non-hydrogen) atoms. The summed E-state index contributed by atoms with van der Waals surface area (Å²) in [5, 5.41) is 0. The van der Waals surface area contributed by atoms with Crippen LogP contribution in [0.4, 0.5) is 4.79 Å². The second-order valence-electron chi connectivity index (χ2n) is 2.07. The Kier molecular flexibility index (Phi) is 5.40. The Morgan fingerprint density at radius 2 is 2.00 bits per heavy atom. The molecule has 0 aromatic carbocycles. The van der Waals surface area contributed by atoms with Crippen LogP contribution in [0.1, 0.15) is 20.3 Å². The van der Waals surface area contributed by atoms with Crippen molar-refractivity contribution < 1.29 is 17.9 Å². The number of urea groups is 1. The summed E-state index contributed by atoms with van der Waals surface area (Å²) < 4.78 is 26.5. The molecule has 2 amide bonds. The Labute approximate surface area is 78.7 Å². The first kappa shape index (κ1) is 12.2. The van der Waals surface area contributed by atoms with Crippen molar-refractivity contribution in [2.75, 3.05) is 6.61 Å². The number of primary amides is 1. The Hall–Kier alpha value is -0.820. The van der Waals surface area contributed by atoms with Gasteiger partial charge in [-0.25, -0.2) is 13.2 Å². The van der Waals surface area contributed by atoms with Gasteiger partial charge < -0.3 is 10.5 Å². The highest BCUT2D eigenvalue weighted by atomic mass is 32.2. The molecule has 0 unspecified atom stereocenters. The van der Waals surface area contributed by atoms with Gasteiger partial charge in [-0.2, -0.15) is 4.31 Å². The van der Waals surface area contributed by atoms with E-state index in [2.05, 4.69) is 0 Å². The third-order valence-corrected chi connectivity index (χ3v) is 1.97. The summed E-state index contributed by atoms with van der Waals surface area (Å²) in [7, 11) is -3.06. The summed E-state index contributed by atoms with van der Waals surface area (Å²) in [5.74, 6) is 0. The van der Waals surface area contributed by atoms with Crippen LogP contribution in [0.3, 0.4) is 0 Å². The molecular formula is C6H13N2O4S. The average molecular weight is 209 g/mol. The molecule has 0 spiro atoms. The van der Waals surface area contributed by atoms with E-state index in [9.17, 15) is 13.2 Å². The molecule has 0 aromatic heterocycles. The van der Waals surface area contributed by atoms with E-state index in [-0.39, 0.29) is 12.8 Å². The van der Waals surface area contributed by atoms with Crippen molar-refractivity contribution in [3.8, 4) is 0 Å². The van der Waals surface area contributed by atoms with Gasteiger partial charge in [0.15, 0.2) is 0 Å². The lowest BCUT2D eigenvalue weighted by Gasteiger charge is -2.21. The number of rotatable bonds is 5. The van der Waals surface area contributed by atoms with Crippen LogP contribution in [-0.2, 0) is 15.6 Å². The molecule has 0 bridgehead atoms. The van der Waals surface area contributed by atoms with E-state index >= 15 is 0 Å². The maximum Gasteiger partial charge on any atom is 0.330 e. The number of carbonyl (C=O) groups excluding carboxylic acids is 1. The predicted molar refractivity (Wildman–Crippen MR) is 46.9 cm³/mol. The molecule has 77 valence electrons. The van der Waals surface area contributed by atoms with Crippen LogP contribution in [-0.4, -0.2) is 25.4 Å². The summed E-state index contributed by atoms with van der Waals surface area (Å²) >= 11 is 0. The largest absolute Gasteiger partial charge is 0.351 e. The Morgan fingerprint density at radius 3 is 2.23 bits per heavy atom. The normalized spacial score (nSPS) is 10.8. The number of ether oxygens (including phenoxy) is 1. The highest BCUT2D eigenvalue weighted by Crippen LogP contribution is 2.13. The Balaban J connectivity index is 4.58. The zero-order valence-electron chi connectivity index (χ0n) is 7.52. The number of thiol groups is 1. The van der Waals surface area contributed by atoms with Gasteiger partial charge in [0.1, 0.15) is 0 Å². The van der Waals surface area contributed by atoms with Gasteiger partial charge in [-0.15, -0.1) is 0 Å². The zero-order chi connectivity index (χ0) is 10.4. The van der Waals surface area contributed by atoms with E-state index in [4.69, 9.17) is 10.5 Å². The molecule has 0 aromatic rings. The molecule has 0 aliphatic heterocycles. The maximum atomic E-state index is 10.7. The lowest BCUT2D eigenvalue weighted by atomic mass is 10.4. The van der Waals surface area contributed by atoms with E-state index in [1.54, 1.807) is 13.8 Å². The molecule has 2 N–H and O–H groups in total. The first-order valence-corrected chi connectivity index (χ1v) is 4.90. The zero-order valence-corrected chi connectivity index (χ0v) is 8.41. The van der Waals surface area contributed by atoms with Crippen molar-refractivity contribution in [3.05, 3.63) is 6.23 Å². The summed E-state index contributed by atoms with van der Waals surface area (Å²) in [4.78, 5) is 10.7. The number of carbonyl (C=O) groups is 1. The molecular weight excluding hydrogens is 196 g/mol. The van der Waals surface area contributed by atoms with E-state index in [0.717, 1.165) is 0 Å². The standard InChI is InChI=1S/C6H13N2O4S/c1-3-5(12-4-2)8(6(7)9)13(10)11/h13H,3-4H2,1-2H3,(H2,7,9). The van der Waals surface area contributed by atoms with Gasteiger partial charge in [0.2, 0.25) is 17.1 Å². The number of amides is 2. The van der Waals surface area contributed by atoms with Gasteiger partial charge >= 0.3 is 6.03 Å². The van der Waals surface area contributed by atoms with E-state index in [1.165, 1.54) is 0 Å². The second-order valence-corrected chi connectivity index (χ2v) is 2.94. The molecule has 0 saturated carbocycles. The minimum absolute atomic E-state index is 0.0473. The highest BCUT2D eigenvalue weighted by molar-refractivity contribution is 7.70. The molecule has 0 atom stereocenters. The van der Waals surface area contributed by atoms with Crippen molar-refractivity contribution in [1.29, 1.82) is 0 Å². The average Bonchev–Trinajstić information content (AvgIpc) is 2.02.